The van der Waals surface area contributed by atoms with Crippen molar-refractivity contribution in [1.82, 2.24) is 10.3 Å². The van der Waals surface area contributed by atoms with Crippen molar-refractivity contribution in [3.63, 3.8) is 0 Å². The maximum Gasteiger partial charge on any atom is 0.225 e. The van der Waals surface area contributed by atoms with Gasteiger partial charge >= 0.3 is 0 Å². The van der Waals surface area contributed by atoms with Crippen molar-refractivity contribution in [3.05, 3.63) is 65.5 Å². The van der Waals surface area contributed by atoms with Gasteiger partial charge in [0.15, 0.2) is 0 Å². The highest BCUT2D eigenvalue weighted by atomic mass is 16.1. The molecule has 4 heteroatoms. The molecule has 0 unspecified atom stereocenters. The first kappa shape index (κ1) is 13.8. The van der Waals surface area contributed by atoms with Crippen LogP contribution < -0.4 is 5.32 Å². The van der Waals surface area contributed by atoms with E-state index in [1.54, 1.807) is 18.5 Å². The maximum atomic E-state index is 12.0. The summed E-state index contributed by atoms with van der Waals surface area (Å²) in [5.41, 5.74) is 2.64. The van der Waals surface area contributed by atoms with Gasteiger partial charge in [-0.15, -0.1) is 0 Å². The molecule has 2 rings (SSSR count). The largest absolute Gasteiger partial charge is 0.336 e. The third-order valence-electron chi connectivity index (χ3n) is 3.02. The molecule has 1 aromatic heterocycles. The predicted molar refractivity (Wildman–Crippen MR) is 75.6 cm³/mol. The van der Waals surface area contributed by atoms with E-state index in [0.717, 1.165) is 16.7 Å². The van der Waals surface area contributed by atoms with Gasteiger partial charge in [-0.2, -0.15) is 5.26 Å². The third kappa shape index (κ3) is 3.42. The van der Waals surface area contributed by atoms with Crippen molar-refractivity contribution in [3.8, 4) is 6.07 Å². The molecule has 1 heterocycles. The van der Waals surface area contributed by atoms with Gasteiger partial charge in [0, 0.05) is 12.4 Å². The maximum absolute atomic E-state index is 12.0. The Balaban J connectivity index is 2.06. The number of hydrogen-bond acceptors (Lipinski definition) is 3. The van der Waals surface area contributed by atoms with Gasteiger partial charge in [0.25, 0.3) is 0 Å². The molecule has 2 aromatic rings. The zero-order valence-electron chi connectivity index (χ0n) is 11.2. The summed E-state index contributed by atoms with van der Waals surface area (Å²) >= 11 is 0. The van der Waals surface area contributed by atoms with Crippen LogP contribution in [0.25, 0.3) is 0 Å². The Morgan fingerprint density at radius 1 is 1.35 bits per heavy atom. The molecule has 0 saturated heterocycles. The Labute approximate surface area is 118 Å². The molecule has 0 saturated carbocycles. The first-order valence-corrected chi connectivity index (χ1v) is 6.34. The van der Waals surface area contributed by atoms with E-state index in [-0.39, 0.29) is 12.3 Å². The summed E-state index contributed by atoms with van der Waals surface area (Å²) in [6.45, 7) is 1.92. The molecule has 1 atom stereocenters. The van der Waals surface area contributed by atoms with E-state index < -0.39 is 6.04 Å². The summed E-state index contributed by atoms with van der Waals surface area (Å²) in [4.78, 5) is 15.9. The summed E-state index contributed by atoms with van der Waals surface area (Å²) in [5.74, 6) is -0.187. The number of amides is 1. The first-order valence-electron chi connectivity index (χ1n) is 6.34. The number of pyridine rings is 1. The van der Waals surface area contributed by atoms with Crippen LogP contribution in [0.15, 0.2) is 48.8 Å². The topological polar surface area (TPSA) is 65.8 Å². The number of nitrogens with one attached hydrogen (secondary N) is 1. The average molecular weight is 265 g/mol. The van der Waals surface area contributed by atoms with E-state index in [2.05, 4.69) is 16.4 Å². The van der Waals surface area contributed by atoms with Crippen LogP contribution in [0.4, 0.5) is 0 Å². The van der Waals surface area contributed by atoms with Crippen LogP contribution >= 0.6 is 0 Å². The molecule has 20 heavy (non-hydrogen) atoms. The fourth-order valence-electron chi connectivity index (χ4n) is 1.99. The number of aromatic nitrogens is 1. The van der Waals surface area contributed by atoms with Crippen LogP contribution in [0, 0.1) is 18.3 Å². The van der Waals surface area contributed by atoms with Gasteiger partial charge in [-0.3, -0.25) is 9.78 Å². The first-order chi connectivity index (χ1) is 9.70. The lowest BCUT2D eigenvalue weighted by Crippen LogP contribution is -2.29. The van der Waals surface area contributed by atoms with Crippen LogP contribution in [0.1, 0.15) is 22.7 Å². The number of carbonyl (C=O) groups excluding carboxylic acids is 1. The number of rotatable bonds is 4. The van der Waals surface area contributed by atoms with Crippen LogP contribution in [-0.2, 0) is 11.2 Å². The number of nitriles is 1. The van der Waals surface area contributed by atoms with E-state index in [4.69, 9.17) is 0 Å². The van der Waals surface area contributed by atoms with Crippen molar-refractivity contribution in [2.75, 3.05) is 0 Å². The van der Waals surface area contributed by atoms with E-state index >= 15 is 0 Å². The standard InChI is InChI=1S/C16H15N3O/c1-12-5-2-3-7-14(12)15(10-17)19-16(20)9-13-6-4-8-18-11-13/h2-8,11,15H,9H2,1H3,(H,19,20)/t15-/m1/s1. The zero-order chi connectivity index (χ0) is 14.4. The molecule has 0 aliphatic carbocycles. The number of benzene rings is 1. The molecule has 0 fully saturated rings. The highest BCUT2D eigenvalue weighted by Gasteiger charge is 2.15. The van der Waals surface area contributed by atoms with Gasteiger partial charge in [-0.25, -0.2) is 0 Å². The summed E-state index contributed by atoms with van der Waals surface area (Å²) in [6.07, 6.45) is 3.53. The highest BCUT2D eigenvalue weighted by Crippen LogP contribution is 2.16. The average Bonchev–Trinajstić information content (AvgIpc) is 2.46. The van der Waals surface area contributed by atoms with Crippen molar-refractivity contribution in [2.45, 2.75) is 19.4 Å². The summed E-state index contributed by atoms with van der Waals surface area (Å²) < 4.78 is 0. The highest BCUT2D eigenvalue weighted by molar-refractivity contribution is 5.79. The Bertz CT molecular complexity index is 632. The lowest BCUT2D eigenvalue weighted by molar-refractivity contribution is -0.120. The van der Waals surface area contributed by atoms with Gasteiger partial charge in [-0.05, 0) is 29.7 Å². The van der Waals surface area contributed by atoms with Crippen LogP contribution in [0.3, 0.4) is 0 Å². The number of nitrogens with zero attached hydrogens (tertiary/aromatic N) is 2. The zero-order valence-corrected chi connectivity index (χ0v) is 11.2. The molecule has 0 bridgehead atoms. The molecule has 0 radical (unpaired) electrons. The summed E-state index contributed by atoms with van der Waals surface area (Å²) in [5, 5.41) is 12.0. The molecule has 4 nitrogen and oxygen atoms in total. The van der Waals surface area contributed by atoms with Gasteiger partial charge in [-0.1, -0.05) is 30.3 Å². The van der Waals surface area contributed by atoms with Crippen LogP contribution in [0.2, 0.25) is 0 Å². The van der Waals surface area contributed by atoms with Crippen LogP contribution in [0.5, 0.6) is 0 Å². The van der Waals surface area contributed by atoms with Crippen molar-refractivity contribution in [1.29, 1.82) is 5.26 Å². The van der Waals surface area contributed by atoms with E-state index in [0.29, 0.717) is 0 Å². The number of hydrogen-bond donors (Lipinski definition) is 1. The predicted octanol–water partition coefficient (Wildman–Crippen LogP) is 2.31. The molecule has 1 aromatic carbocycles. The lowest BCUT2D eigenvalue weighted by Gasteiger charge is -2.14. The quantitative estimate of drug-likeness (QED) is 0.922. The molecule has 100 valence electrons. The SMILES string of the molecule is Cc1ccccc1[C@@H](C#N)NC(=O)Cc1cccnc1. The monoisotopic (exact) mass is 265 g/mol. The minimum Gasteiger partial charge on any atom is -0.336 e. The van der Waals surface area contributed by atoms with Crippen molar-refractivity contribution in [2.24, 2.45) is 0 Å². The van der Waals surface area contributed by atoms with Gasteiger partial charge < -0.3 is 5.32 Å². The Morgan fingerprint density at radius 3 is 2.80 bits per heavy atom. The number of aryl methyl sites for hydroxylation is 1. The van der Waals surface area contributed by atoms with Gasteiger partial charge in [0.1, 0.15) is 6.04 Å². The summed E-state index contributed by atoms with van der Waals surface area (Å²) in [7, 11) is 0. The fraction of sp³-hybridized carbons (Fsp3) is 0.188. The second kappa shape index (κ2) is 6.48. The Kier molecular flexibility index (Phi) is 4.46. The molecule has 0 aliphatic rings. The normalized spacial score (nSPS) is 11.4. The van der Waals surface area contributed by atoms with Crippen molar-refractivity contribution < 1.29 is 4.79 Å². The minimum atomic E-state index is -0.625. The van der Waals surface area contributed by atoms with Crippen molar-refractivity contribution >= 4 is 5.91 Å². The second-order valence-corrected chi connectivity index (χ2v) is 4.52. The molecule has 0 aliphatic heterocycles. The molecular weight excluding hydrogens is 250 g/mol. The second-order valence-electron chi connectivity index (χ2n) is 4.52. The van der Waals surface area contributed by atoms with E-state index in [1.165, 1.54) is 0 Å². The summed E-state index contributed by atoms with van der Waals surface area (Å²) in [6, 6.07) is 12.7. The Hall–Kier alpha value is -2.67. The molecule has 1 amide bonds. The smallest absolute Gasteiger partial charge is 0.225 e. The molecule has 1 N–H and O–H groups in total. The third-order valence-corrected chi connectivity index (χ3v) is 3.02. The van der Waals surface area contributed by atoms with E-state index in [1.807, 2.05) is 37.3 Å². The Morgan fingerprint density at radius 2 is 2.15 bits per heavy atom. The fourth-order valence-corrected chi connectivity index (χ4v) is 1.99. The van der Waals surface area contributed by atoms with E-state index in [9.17, 15) is 10.1 Å². The van der Waals surface area contributed by atoms with Crippen LogP contribution in [-0.4, -0.2) is 10.9 Å². The van der Waals surface area contributed by atoms with Gasteiger partial charge in [0.05, 0.1) is 12.5 Å². The lowest BCUT2D eigenvalue weighted by atomic mass is 10.0. The van der Waals surface area contributed by atoms with Gasteiger partial charge in [0.2, 0.25) is 5.91 Å². The molecule has 0 spiro atoms. The minimum absolute atomic E-state index is 0.187. The number of carbonyl (C=O) groups is 1. The molecular formula is C16H15N3O.